The molecule has 61 nitrogen and oxygen atoms in total. The number of aromatic amines is 3. The minimum atomic E-state index is -5.99. The first-order valence-electron chi connectivity index (χ1n) is 45.8. The molecular weight excluding hydrogens is 2140 g/mol. The quantitative estimate of drug-likeness (QED) is 0.0132. The number of hydrogen-bond donors (Lipinski definition) is 13. The van der Waals surface area contributed by atoms with Gasteiger partial charge in [0.25, 0.3) is 16.7 Å². The Hall–Kier alpha value is -7.68. The van der Waals surface area contributed by atoms with Gasteiger partial charge in [0.1, 0.15) is 121 Å². The number of thiol groups is 1. The van der Waals surface area contributed by atoms with Gasteiger partial charge in [0.2, 0.25) is 5.95 Å². The van der Waals surface area contributed by atoms with Crippen molar-refractivity contribution in [1.82, 2.24) is 77.2 Å². The van der Waals surface area contributed by atoms with Crippen LogP contribution in [0.2, 0.25) is 0 Å². The number of nitrogens with two attached hydrogens (primary N) is 4. The third-order valence-electron chi connectivity index (χ3n) is 24.2. The Kier molecular flexibility index (Phi) is 39.7. The van der Waals surface area contributed by atoms with Crippen molar-refractivity contribution in [2.45, 2.75) is 208 Å². The maximum atomic E-state index is 15.7. The molecule has 0 saturated carbocycles. The summed E-state index contributed by atoms with van der Waals surface area (Å²) in [6, 6.07) is 0. The molecule has 8 aromatic rings. The maximum absolute atomic E-state index is 15.7. The summed E-state index contributed by atoms with van der Waals surface area (Å²) in [6.45, 7) is -14.5. The van der Waals surface area contributed by atoms with Crippen molar-refractivity contribution >= 4 is 117 Å². The first kappa shape index (κ1) is 116. The molecule has 13 unspecified atom stereocenters. The lowest BCUT2D eigenvalue weighted by atomic mass is 10.1. The number of aliphatic hydroxyl groups excluding tert-OH is 1. The average molecular weight is 2250 g/mol. The Morgan fingerprint density at radius 2 is 0.818 bits per heavy atom. The van der Waals surface area contributed by atoms with E-state index >= 15 is 13.7 Å². The van der Waals surface area contributed by atoms with Gasteiger partial charge in [-0.25, -0.2) is 52.8 Å². The van der Waals surface area contributed by atoms with Crippen LogP contribution >= 0.6 is 48.1 Å². The summed E-state index contributed by atoms with van der Waals surface area (Å²) in [5, 5.41) is 11.8. The molecule has 148 heavy (non-hydrogen) atoms. The molecule has 8 aromatic heterocycles. The Morgan fingerprint density at radius 3 is 1.30 bits per heavy atom. The molecule has 16 N–H and O–H groups in total. The number of rotatable bonds is 55. The molecule has 0 aromatic carbocycles. The fourth-order valence-electron chi connectivity index (χ4n) is 17.0. The highest BCUT2D eigenvalue weighted by molar-refractivity contribution is 8.44. The van der Waals surface area contributed by atoms with Crippen LogP contribution in [0.25, 0.3) is 22.3 Å². The number of fused-ring (bicyclic) bond motifs is 2. The highest BCUT2D eigenvalue weighted by Gasteiger charge is 2.59. The fourth-order valence-corrected chi connectivity index (χ4v) is 23.3. The highest BCUT2D eigenvalue weighted by atomic mass is 32.7. The van der Waals surface area contributed by atoms with Crippen molar-refractivity contribution in [3.63, 3.8) is 0 Å². The van der Waals surface area contributed by atoms with Crippen molar-refractivity contribution < 1.29 is 159 Å². The standard InChI is InChI=1S/C79H117N20O41P5S3/c1-11-12-13-14-42-43(25-49(130-42)98-36-86-50-64(82)84-35-85-65(50)98)136-143(112,146)128-33-47-54(59(122-22-17-117-8)71(133-47)95-27-39(3)63(81)89-77(95)105)138-141(108,109)125-31-45-53(58(121-21-16-116-7)72(132-45)96-28-40(4)67(101)92-78(96)106)137-142(110,111)126-32-46-55(61(124-24-19-119-10)74(135-46)99-37-87-51-66(99)90-75(83)91-69(51)103)139-145(114,148)129-34-48-56(60(123-23-18-118-9)73(134-48)97-29-41(5)68(102)93-79(97)107)140-144(113,147)127-30-44-52(100)57(120-20-15-115-6)70(131-44)94-26-38(2)62(80)88-76(94)104/h26-29,35-37,42-49,52-61,70-74,100H,11-25,30-34H2,1-10H3,(H,108,109)(H,110,111)(H,112,146)(H,113,147)(H,114,148)(H2,80,88,104)(H2,81,89,105)(H2,82,84,85)(H,92,101,106)(H,93,102,107)(H3,83,90,91,103)/t42-,43-,44-,45-,46-,47-,48-,49-,52?,53+,54+,55+,56?,57+,58?,59?,60+,61?,70-,71?,72?,73-,74?,143?,144?,145?/m1/s1. The van der Waals surface area contributed by atoms with Gasteiger partial charge in [0.15, 0.2) is 53.8 Å². The summed E-state index contributed by atoms with van der Waals surface area (Å²) < 4.78 is 210. The monoisotopic (exact) mass is 2250 g/mol. The molecule has 822 valence electrons. The second-order valence-electron chi connectivity index (χ2n) is 34.4. The van der Waals surface area contributed by atoms with E-state index in [4.69, 9.17) is 168 Å². The van der Waals surface area contributed by atoms with Crippen molar-refractivity contribution in [3.05, 3.63) is 139 Å². The Bertz CT molecular complexity index is 6630. The lowest BCUT2D eigenvalue weighted by Crippen LogP contribution is -2.42. The Labute approximate surface area is 854 Å². The summed E-state index contributed by atoms with van der Waals surface area (Å²) in [7, 11) is -5.21. The number of hydrogen-bond acceptors (Lipinski definition) is 50. The largest absolute Gasteiger partial charge is 0.472 e. The minimum Gasteiger partial charge on any atom is -0.387 e. The number of nitrogen functional groups attached to an aromatic ring is 4. The number of nitrogens with zero attached hydrogens (tertiary/aromatic N) is 13. The van der Waals surface area contributed by atoms with Crippen LogP contribution in [0, 0.1) is 27.7 Å². The van der Waals surface area contributed by atoms with Gasteiger partial charge in [0.05, 0.1) is 124 Å². The lowest BCUT2D eigenvalue weighted by Gasteiger charge is -2.30. The van der Waals surface area contributed by atoms with Crippen LogP contribution in [0.4, 0.5) is 23.4 Å². The molecule has 0 amide bonds. The van der Waals surface area contributed by atoms with E-state index in [0.717, 1.165) is 54.4 Å². The van der Waals surface area contributed by atoms with Gasteiger partial charge in [-0.05, 0) is 57.7 Å². The Balaban J connectivity index is 0.760. The van der Waals surface area contributed by atoms with E-state index < -0.39 is 269 Å². The number of nitrogens with one attached hydrogen (secondary N) is 3. The van der Waals surface area contributed by atoms with Gasteiger partial charge in [-0.1, -0.05) is 38.4 Å². The number of phosphoric acid groups is 2. The molecule has 14 heterocycles. The van der Waals surface area contributed by atoms with Gasteiger partial charge in [0, 0.05) is 89.0 Å². The molecule has 6 saturated heterocycles. The van der Waals surface area contributed by atoms with E-state index in [0.29, 0.717) is 29.6 Å². The summed E-state index contributed by atoms with van der Waals surface area (Å²) in [5.41, 5.74) is 18.0. The van der Waals surface area contributed by atoms with E-state index in [1.165, 1.54) is 81.4 Å². The summed E-state index contributed by atoms with van der Waals surface area (Å²) >= 11 is 15.8. The zero-order valence-corrected chi connectivity index (χ0v) is 88.0. The third-order valence-corrected chi connectivity index (χ3v) is 30.9. The van der Waals surface area contributed by atoms with Crippen molar-refractivity contribution in [2.24, 2.45) is 0 Å². The van der Waals surface area contributed by atoms with Crippen molar-refractivity contribution in [3.8, 4) is 0 Å². The van der Waals surface area contributed by atoms with E-state index in [-0.39, 0.29) is 105 Å². The summed E-state index contributed by atoms with van der Waals surface area (Å²) in [4.78, 5) is 180. The van der Waals surface area contributed by atoms with E-state index in [1.54, 1.807) is 11.5 Å². The topological polar surface area (TPSA) is 783 Å². The number of aromatic nitrogens is 16. The second-order valence-corrected chi connectivity index (χ2v) is 45.6. The summed E-state index contributed by atoms with van der Waals surface area (Å²) in [5.74, 6) is -0.614. The zero-order chi connectivity index (χ0) is 107. The lowest BCUT2D eigenvalue weighted by molar-refractivity contribution is -0.0849. The smallest absolute Gasteiger partial charge is 0.387 e. The second kappa shape index (κ2) is 50.7. The number of methoxy groups -OCH3 is 5. The predicted octanol–water partition coefficient (Wildman–Crippen LogP) is -0.309. The van der Waals surface area contributed by atoms with Crippen molar-refractivity contribution in [2.75, 3.05) is 158 Å². The number of ether oxygens (including phenoxy) is 16. The summed E-state index contributed by atoms with van der Waals surface area (Å²) in [6.07, 6.45) is -26.4. The van der Waals surface area contributed by atoms with Crippen molar-refractivity contribution in [1.29, 1.82) is 0 Å². The molecule has 14 rings (SSSR count). The van der Waals surface area contributed by atoms with Crippen LogP contribution in [0.3, 0.4) is 0 Å². The number of anilines is 4. The highest BCUT2D eigenvalue weighted by Crippen LogP contribution is 2.60. The number of H-pyrrole nitrogens is 3. The third kappa shape index (κ3) is 28.0. The van der Waals surface area contributed by atoms with Gasteiger partial charge in [-0.2, -0.15) is 15.0 Å². The molecule has 0 radical (unpaired) electrons. The van der Waals surface area contributed by atoms with Crippen LogP contribution in [-0.2, 0) is 158 Å². The number of aryl methyl sites for hydroxylation is 4. The van der Waals surface area contributed by atoms with Crippen LogP contribution in [0.15, 0.2) is 77.3 Å². The zero-order valence-electron chi connectivity index (χ0n) is 81.0. The number of imidazole rings is 2. The molecule has 69 heteroatoms. The average Bonchev–Trinajstić information content (AvgIpc) is 1.60. The molecule has 0 aliphatic carbocycles. The molecule has 0 spiro atoms. The number of unbranched alkanes of at least 4 members (excludes halogenated alkanes) is 2. The fraction of sp³-hybridized carbons (Fsp3) is 0.671. The normalized spacial score (nSPS) is 28.8. The van der Waals surface area contributed by atoms with Gasteiger partial charge < -0.3 is 137 Å². The van der Waals surface area contributed by atoms with Crippen LogP contribution in [0.1, 0.15) is 98.6 Å². The maximum Gasteiger partial charge on any atom is 0.472 e. The SMILES string of the molecule is CCCCC[C@H]1O[C@@H](n2cnc3c(N)ncnc32)C[C@H]1OP(O)(=S)OC[C@H]1OC(n2cc(C)c(N)nc2=O)C(OCCOC)[C@H]1OP(=O)(O)OC[C@H]1OC(n2cc(C)c(=O)[nH]c2=O)C(OCCOC)[C@H]1OP(=O)(O)OC[C@H]1OC(n2cnc3c(=O)[nH]c(N)nc32)C(OCCOC)[C@H]1OP(=O)(S)OC[C@H]1O[C@@H](n2cc(C)c(=O)[nH]c2=O)[C@@H](OCCOC)C1OP(O)(=S)OC[C@H]1O[C@@H](n2cc(C)c(N)nc2=O)[C@@H](OCCOC)C1O. The van der Waals surface area contributed by atoms with Crippen LogP contribution < -0.4 is 62.4 Å². The number of aliphatic hydroxyl groups is 1. The first-order valence-corrected chi connectivity index (χ1v) is 56.7. The van der Waals surface area contributed by atoms with Gasteiger partial charge in [-0.15, -0.1) is 0 Å². The molecule has 6 aliphatic heterocycles. The molecule has 0 bridgehead atoms. The molecule has 6 aliphatic rings. The Morgan fingerprint density at radius 1 is 0.419 bits per heavy atom. The molecule has 6 fully saturated rings. The predicted molar refractivity (Wildman–Crippen MR) is 519 cm³/mol. The van der Waals surface area contributed by atoms with Gasteiger partial charge in [-0.3, -0.25) is 88.4 Å². The molecule has 28 atom stereocenters. The van der Waals surface area contributed by atoms with E-state index in [1.807, 2.05) is 6.92 Å². The number of phosphoric ester groups is 2. The van der Waals surface area contributed by atoms with Gasteiger partial charge >= 0.3 is 58.6 Å². The first-order chi connectivity index (χ1) is 70.4. The van der Waals surface area contributed by atoms with Crippen LogP contribution in [-0.4, -0.2) is 340 Å². The van der Waals surface area contributed by atoms with Crippen LogP contribution in [0.5, 0.6) is 0 Å². The van der Waals surface area contributed by atoms with E-state index in [2.05, 4.69) is 62.1 Å². The van der Waals surface area contributed by atoms with E-state index in [9.17, 15) is 58.2 Å². The molecular formula is C79H117N20O41P5S3. The minimum absolute atomic E-state index is 0.0239.